The van der Waals surface area contributed by atoms with Crippen molar-refractivity contribution in [1.82, 2.24) is 9.97 Å². The van der Waals surface area contributed by atoms with Crippen LogP contribution in [0.1, 0.15) is 0 Å². The van der Waals surface area contributed by atoms with Crippen molar-refractivity contribution in [2.45, 2.75) is 0 Å². The summed E-state index contributed by atoms with van der Waals surface area (Å²) in [5.74, 6) is 0.686. The molecule has 0 atom stereocenters. The van der Waals surface area contributed by atoms with Gasteiger partial charge in [-0.2, -0.15) is 0 Å². The molecule has 3 heteroatoms. The molecule has 0 saturated heterocycles. The topological polar surface area (TPSA) is 25.8 Å². The number of fused-ring (bicyclic) bond motifs is 4. The van der Waals surface area contributed by atoms with Gasteiger partial charge in [0.25, 0.3) is 0 Å². The van der Waals surface area contributed by atoms with E-state index in [4.69, 9.17) is 9.97 Å². The lowest BCUT2D eigenvalue weighted by molar-refractivity contribution is 1.18. The number of rotatable bonds is 7. The van der Waals surface area contributed by atoms with E-state index in [1.54, 1.807) is 0 Å². The molecular formula is C56H36N2S. The van der Waals surface area contributed by atoms with Gasteiger partial charge in [0.2, 0.25) is 0 Å². The zero-order chi connectivity index (χ0) is 39.1. The highest BCUT2D eigenvalue weighted by molar-refractivity contribution is 7.25. The lowest BCUT2D eigenvalue weighted by Crippen LogP contribution is -1.98. The molecule has 276 valence electrons. The fourth-order valence-corrected chi connectivity index (χ4v) is 9.35. The minimum Gasteiger partial charge on any atom is -0.228 e. The monoisotopic (exact) mass is 768 g/mol. The van der Waals surface area contributed by atoms with E-state index < -0.39 is 0 Å². The third-order valence-corrected chi connectivity index (χ3v) is 12.4. The molecule has 11 aromatic rings. The fraction of sp³-hybridized carbons (Fsp3) is 0. The van der Waals surface area contributed by atoms with Gasteiger partial charge in [0.05, 0.1) is 11.4 Å². The van der Waals surface area contributed by atoms with E-state index in [0.717, 1.165) is 67.0 Å². The first-order chi connectivity index (χ1) is 29.2. The van der Waals surface area contributed by atoms with E-state index >= 15 is 0 Å². The Morgan fingerprint density at radius 1 is 0.271 bits per heavy atom. The molecule has 0 bridgehead atoms. The molecule has 0 aliphatic rings. The fourth-order valence-electron chi connectivity index (χ4n) is 8.27. The van der Waals surface area contributed by atoms with Crippen molar-refractivity contribution in [3.8, 4) is 78.4 Å². The summed E-state index contributed by atoms with van der Waals surface area (Å²) in [4.78, 5) is 10.7. The second kappa shape index (κ2) is 14.8. The number of thiophene rings is 1. The van der Waals surface area contributed by atoms with Crippen LogP contribution < -0.4 is 0 Å². The van der Waals surface area contributed by atoms with Gasteiger partial charge < -0.3 is 0 Å². The second-order valence-electron chi connectivity index (χ2n) is 15.0. The molecule has 59 heavy (non-hydrogen) atoms. The van der Waals surface area contributed by atoms with Crippen molar-refractivity contribution in [2.75, 3.05) is 0 Å². The van der Waals surface area contributed by atoms with Gasteiger partial charge >= 0.3 is 0 Å². The standard InChI is InChI=1S/C56H36N2S/c1-4-14-37(15-5-1)43-26-28-48(39-17-6-2-7-18-39)50(34-43)53-36-52(57-56(58-53)40-19-8-3-9-20-40)47-32-45(42-25-24-38-16-10-11-21-41(38)30-42)31-46(33-47)44-27-29-55-51(35-44)49-22-12-13-23-54(49)59-55/h1-36H. The van der Waals surface area contributed by atoms with Gasteiger partial charge in [-0.25, -0.2) is 9.97 Å². The average Bonchev–Trinajstić information content (AvgIpc) is 3.70. The minimum atomic E-state index is 0.686. The van der Waals surface area contributed by atoms with Crippen LogP contribution in [0.5, 0.6) is 0 Å². The lowest BCUT2D eigenvalue weighted by Gasteiger charge is -2.16. The van der Waals surface area contributed by atoms with Crippen LogP contribution in [0.2, 0.25) is 0 Å². The summed E-state index contributed by atoms with van der Waals surface area (Å²) in [6.07, 6.45) is 0. The molecule has 0 saturated carbocycles. The van der Waals surface area contributed by atoms with Crippen molar-refractivity contribution in [3.05, 3.63) is 218 Å². The Bertz CT molecular complexity index is 3310. The molecule has 2 aromatic heterocycles. The number of benzene rings is 9. The molecule has 2 nitrogen and oxygen atoms in total. The van der Waals surface area contributed by atoms with Crippen LogP contribution in [0.3, 0.4) is 0 Å². The molecule has 0 radical (unpaired) electrons. The van der Waals surface area contributed by atoms with E-state index in [0.29, 0.717) is 5.82 Å². The number of hydrogen-bond acceptors (Lipinski definition) is 3. The summed E-state index contributed by atoms with van der Waals surface area (Å²) in [5, 5.41) is 5.01. The Balaban J connectivity index is 1.16. The zero-order valence-corrected chi connectivity index (χ0v) is 32.9. The third-order valence-electron chi connectivity index (χ3n) is 11.3. The summed E-state index contributed by atoms with van der Waals surface area (Å²) in [6.45, 7) is 0. The number of nitrogens with zero attached hydrogens (tertiary/aromatic N) is 2. The highest BCUT2D eigenvalue weighted by atomic mass is 32.1. The van der Waals surface area contributed by atoms with Crippen LogP contribution in [0.4, 0.5) is 0 Å². The van der Waals surface area contributed by atoms with Crippen molar-refractivity contribution >= 4 is 42.3 Å². The molecule has 0 aliphatic heterocycles. The summed E-state index contributed by atoms with van der Waals surface area (Å²) in [6, 6.07) is 78.3. The maximum atomic E-state index is 5.38. The predicted octanol–water partition coefficient (Wildman–Crippen LogP) is 15.7. The molecule has 0 fully saturated rings. The normalized spacial score (nSPS) is 11.4. The van der Waals surface area contributed by atoms with E-state index in [2.05, 4.69) is 212 Å². The van der Waals surface area contributed by atoms with Crippen molar-refractivity contribution in [3.63, 3.8) is 0 Å². The Morgan fingerprint density at radius 2 is 0.831 bits per heavy atom. The van der Waals surface area contributed by atoms with E-state index in [-0.39, 0.29) is 0 Å². The van der Waals surface area contributed by atoms with Crippen LogP contribution in [0.25, 0.3) is 109 Å². The van der Waals surface area contributed by atoms with Crippen LogP contribution in [-0.2, 0) is 0 Å². The molecule has 0 amide bonds. The zero-order valence-electron chi connectivity index (χ0n) is 32.1. The van der Waals surface area contributed by atoms with Gasteiger partial charge in [-0.3, -0.25) is 0 Å². The molecule has 9 aromatic carbocycles. The lowest BCUT2D eigenvalue weighted by atomic mass is 9.91. The van der Waals surface area contributed by atoms with Crippen molar-refractivity contribution in [2.24, 2.45) is 0 Å². The Hall–Kier alpha value is -7.46. The summed E-state index contributed by atoms with van der Waals surface area (Å²) >= 11 is 1.85. The van der Waals surface area contributed by atoms with Crippen molar-refractivity contribution in [1.29, 1.82) is 0 Å². The highest BCUT2D eigenvalue weighted by Gasteiger charge is 2.18. The number of hydrogen-bond donors (Lipinski definition) is 0. The highest BCUT2D eigenvalue weighted by Crippen LogP contribution is 2.41. The van der Waals surface area contributed by atoms with Gasteiger partial charge in [0.15, 0.2) is 5.82 Å². The van der Waals surface area contributed by atoms with E-state index in [1.165, 1.54) is 36.5 Å². The predicted molar refractivity (Wildman–Crippen MR) is 250 cm³/mol. The molecule has 11 rings (SSSR count). The van der Waals surface area contributed by atoms with Gasteiger partial charge in [-0.15, -0.1) is 11.3 Å². The molecule has 0 aliphatic carbocycles. The van der Waals surface area contributed by atoms with Crippen LogP contribution in [0.15, 0.2) is 218 Å². The smallest absolute Gasteiger partial charge is 0.160 e. The average molecular weight is 769 g/mol. The molecule has 2 heterocycles. The number of aromatic nitrogens is 2. The minimum absolute atomic E-state index is 0.686. The largest absolute Gasteiger partial charge is 0.228 e. The van der Waals surface area contributed by atoms with Crippen LogP contribution >= 0.6 is 11.3 Å². The van der Waals surface area contributed by atoms with Crippen molar-refractivity contribution < 1.29 is 0 Å². The summed E-state index contributed by atoms with van der Waals surface area (Å²) in [7, 11) is 0. The summed E-state index contributed by atoms with van der Waals surface area (Å²) < 4.78 is 2.60. The first-order valence-corrected chi connectivity index (χ1v) is 20.8. The molecule has 0 unspecified atom stereocenters. The van der Waals surface area contributed by atoms with E-state index in [1.807, 2.05) is 17.4 Å². The van der Waals surface area contributed by atoms with Crippen LogP contribution in [-0.4, -0.2) is 9.97 Å². The third kappa shape index (κ3) is 6.68. The molecule has 0 spiro atoms. The Kier molecular flexibility index (Phi) is 8.72. The van der Waals surface area contributed by atoms with Crippen LogP contribution in [0, 0.1) is 0 Å². The SMILES string of the molecule is c1ccc(-c2ccc(-c3ccccc3)c(-c3cc(-c4cc(-c5ccc6ccccc6c5)cc(-c5ccc6sc7ccccc7c6c5)c4)nc(-c4ccccc4)n3)c2)cc1. The molecular weight excluding hydrogens is 733 g/mol. The van der Waals surface area contributed by atoms with Gasteiger partial charge in [0.1, 0.15) is 0 Å². The first-order valence-electron chi connectivity index (χ1n) is 20.0. The molecule has 0 N–H and O–H groups in total. The first kappa shape index (κ1) is 34.8. The van der Waals surface area contributed by atoms with E-state index in [9.17, 15) is 0 Å². The summed E-state index contributed by atoms with van der Waals surface area (Å²) in [5.41, 5.74) is 14.0. The van der Waals surface area contributed by atoms with Gasteiger partial charge in [0, 0.05) is 36.9 Å². The quantitative estimate of drug-likeness (QED) is 0.161. The second-order valence-corrected chi connectivity index (χ2v) is 16.1. The van der Waals surface area contributed by atoms with Gasteiger partial charge in [-0.1, -0.05) is 164 Å². The maximum Gasteiger partial charge on any atom is 0.160 e. The van der Waals surface area contributed by atoms with Gasteiger partial charge in [-0.05, 0) is 110 Å². The maximum absolute atomic E-state index is 5.38. The Labute approximate surface area is 347 Å². The Morgan fingerprint density at radius 3 is 1.61 bits per heavy atom.